The van der Waals surface area contributed by atoms with Crippen molar-refractivity contribution in [1.29, 1.82) is 0 Å². The molecule has 0 spiro atoms. The molecule has 1 aromatic rings. The Labute approximate surface area is 138 Å². The largest absolute Gasteiger partial charge is 0.357 e. The van der Waals surface area contributed by atoms with Gasteiger partial charge in [-0.2, -0.15) is 0 Å². The number of halogens is 1. The summed E-state index contributed by atoms with van der Waals surface area (Å²) in [5.41, 5.74) is 1.13. The lowest BCUT2D eigenvalue weighted by Crippen LogP contribution is -2.37. The molecule has 2 fully saturated rings. The number of rotatable bonds is 4. The molecule has 0 aliphatic carbocycles. The van der Waals surface area contributed by atoms with E-state index in [0.717, 1.165) is 50.4 Å². The molecule has 122 valence electrons. The average Bonchev–Trinajstić information content (AvgIpc) is 3.08. The maximum Gasteiger partial charge on any atom is 0.223 e. The van der Waals surface area contributed by atoms with Crippen molar-refractivity contribution < 1.29 is 4.79 Å². The van der Waals surface area contributed by atoms with Crippen molar-refractivity contribution in [2.24, 2.45) is 5.92 Å². The van der Waals surface area contributed by atoms with Crippen molar-refractivity contribution in [3.63, 3.8) is 0 Å². The van der Waals surface area contributed by atoms with Crippen LogP contribution in [0.4, 0.5) is 5.82 Å². The average molecular weight is 325 g/mol. The van der Waals surface area contributed by atoms with Crippen molar-refractivity contribution in [1.82, 2.24) is 15.6 Å². The molecule has 5 nitrogen and oxygen atoms in total. The monoisotopic (exact) mass is 324 g/mol. The number of aromatic nitrogens is 1. The number of hydrogen-bond acceptors (Lipinski definition) is 4. The van der Waals surface area contributed by atoms with E-state index in [2.05, 4.69) is 26.6 Å². The molecule has 0 aromatic carbocycles. The Morgan fingerprint density at radius 3 is 2.77 bits per heavy atom. The van der Waals surface area contributed by atoms with Crippen LogP contribution in [-0.4, -0.2) is 37.1 Å². The van der Waals surface area contributed by atoms with E-state index in [1.807, 2.05) is 12.3 Å². The number of pyridine rings is 1. The van der Waals surface area contributed by atoms with Gasteiger partial charge in [0.05, 0.1) is 0 Å². The quantitative estimate of drug-likeness (QED) is 0.885. The number of carbonyl (C=O) groups excluding carboxylic acids is 1. The van der Waals surface area contributed by atoms with Gasteiger partial charge in [0.2, 0.25) is 5.91 Å². The summed E-state index contributed by atoms with van der Waals surface area (Å²) in [5, 5.41) is 6.36. The summed E-state index contributed by atoms with van der Waals surface area (Å²) < 4.78 is 0. The van der Waals surface area contributed by atoms with Gasteiger partial charge in [0.15, 0.2) is 0 Å². The van der Waals surface area contributed by atoms with Gasteiger partial charge >= 0.3 is 0 Å². The SMILES string of the molecule is Cl.O=C(NCc1ccnc(N2CCCC2)c1)C1CCNCC1. The van der Waals surface area contributed by atoms with Crippen molar-refractivity contribution in [2.75, 3.05) is 31.1 Å². The van der Waals surface area contributed by atoms with Crippen LogP contribution in [0.5, 0.6) is 0 Å². The molecule has 0 radical (unpaired) electrons. The molecule has 22 heavy (non-hydrogen) atoms. The topological polar surface area (TPSA) is 57.3 Å². The minimum absolute atomic E-state index is 0. The summed E-state index contributed by atoms with van der Waals surface area (Å²) in [6.07, 6.45) is 6.23. The fourth-order valence-corrected chi connectivity index (χ4v) is 3.11. The lowest BCUT2D eigenvalue weighted by molar-refractivity contribution is -0.125. The first-order chi connectivity index (χ1) is 10.3. The van der Waals surface area contributed by atoms with E-state index in [1.54, 1.807) is 0 Å². The summed E-state index contributed by atoms with van der Waals surface area (Å²) >= 11 is 0. The zero-order valence-electron chi connectivity index (χ0n) is 12.9. The number of nitrogens with zero attached hydrogens (tertiary/aromatic N) is 2. The molecule has 2 aliphatic heterocycles. The minimum atomic E-state index is 0. The van der Waals surface area contributed by atoms with E-state index in [-0.39, 0.29) is 24.2 Å². The van der Waals surface area contributed by atoms with Crippen LogP contribution in [-0.2, 0) is 11.3 Å². The molecule has 0 saturated carbocycles. The first-order valence-corrected chi connectivity index (χ1v) is 8.01. The van der Waals surface area contributed by atoms with Crippen LogP contribution in [0.2, 0.25) is 0 Å². The Kier molecular flexibility index (Phi) is 6.46. The highest BCUT2D eigenvalue weighted by Gasteiger charge is 2.20. The summed E-state index contributed by atoms with van der Waals surface area (Å²) in [5.74, 6) is 1.41. The van der Waals surface area contributed by atoms with E-state index >= 15 is 0 Å². The van der Waals surface area contributed by atoms with Crippen LogP contribution < -0.4 is 15.5 Å². The van der Waals surface area contributed by atoms with Crippen LogP contribution in [0.3, 0.4) is 0 Å². The first kappa shape index (κ1) is 17.0. The van der Waals surface area contributed by atoms with E-state index in [9.17, 15) is 4.79 Å². The van der Waals surface area contributed by atoms with Crippen molar-refractivity contribution in [3.8, 4) is 0 Å². The molecule has 3 heterocycles. The normalized spacial score (nSPS) is 18.8. The Bertz CT molecular complexity index is 485. The van der Waals surface area contributed by atoms with Crippen molar-refractivity contribution >= 4 is 24.1 Å². The standard InChI is InChI=1S/C16H24N4O.ClH/c21-16(14-4-6-17-7-5-14)19-12-13-3-8-18-15(11-13)20-9-1-2-10-20;/h3,8,11,14,17H,1-2,4-7,9-10,12H2,(H,19,21);1H. The zero-order chi connectivity index (χ0) is 14.5. The third-order valence-electron chi connectivity index (χ3n) is 4.42. The Morgan fingerprint density at radius 2 is 2.05 bits per heavy atom. The van der Waals surface area contributed by atoms with Gasteiger partial charge in [-0.05, 0) is 56.5 Å². The summed E-state index contributed by atoms with van der Waals surface area (Å²) in [6, 6.07) is 4.09. The van der Waals surface area contributed by atoms with Gasteiger partial charge in [-0.15, -0.1) is 12.4 Å². The molecule has 0 bridgehead atoms. The lowest BCUT2D eigenvalue weighted by atomic mass is 9.97. The Hall–Kier alpha value is -1.33. The van der Waals surface area contributed by atoms with Gasteiger partial charge in [0.1, 0.15) is 5.82 Å². The van der Waals surface area contributed by atoms with Crippen LogP contribution in [0, 0.1) is 5.92 Å². The van der Waals surface area contributed by atoms with Crippen LogP contribution >= 0.6 is 12.4 Å². The van der Waals surface area contributed by atoms with Crippen LogP contribution in [0.15, 0.2) is 18.3 Å². The highest BCUT2D eigenvalue weighted by atomic mass is 35.5. The highest BCUT2D eigenvalue weighted by Crippen LogP contribution is 2.18. The smallest absolute Gasteiger partial charge is 0.223 e. The lowest BCUT2D eigenvalue weighted by Gasteiger charge is -2.22. The molecule has 6 heteroatoms. The molecule has 1 amide bonds. The highest BCUT2D eigenvalue weighted by molar-refractivity contribution is 5.85. The van der Waals surface area contributed by atoms with E-state index in [0.29, 0.717) is 6.54 Å². The van der Waals surface area contributed by atoms with Gasteiger partial charge in [-0.1, -0.05) is 0 Å². The first-order valence-electron chi connectivity index (χ1n) is 8.01. The molecule has 0 atom stereocenters. The molecule has 2 N–H and O–H groups in total. The fourth-order valence-electron chi connectivity index (χ4n) is 3.11. The molecule has 2 aliphatic rings. The number of anilines is 1. The number of hydrogen-bond donors (Lipinski definition) is 2. The maximum atomic E-state index is 12.1. The molecule has 1 aromatic heterocycles. The number of piperidine rings is 1. The third-order valence-corrected chi connectivity index (χ3v) is 4.42. The molecule has 3 rings (SSSR count). The number of nitrogens with one attached hydrogen (secondary N) is 2. The molecular weight excluding hydrogens is 300 g/mol. The van der Waals surface area contributed by atoms with Gasteiger partial charge in [0, 0.05) is 31.7 Å². The fraction of sp³-hybridized carbons (Fsp3) is 0.625. The second-order valence-electron chi connectivity index (χ2n) is 5.96. The third kappa shape index (κ3) is 4.34. The maximum absolute atomic E-state index is 12.1. The minimum Gasteiger partial charge on any atom is -0.357 e. The van der Waals surface area contributed by atoms with Crippen molar-refractivity contribution in [3.05, 3.63) is 23.9 Å². The predicted octanol–water partition coefficient (Wildman–Crippen LogP) is 1.72. The Balaban J connectivity index is 0.00000176. The van der Waals surface area contributed by atoms with E-state index in [4.69, 9.17) is 0 Å². The van der Waals surface area contributed by atoms with E-state index in [1.165, 1.54) is 12.8 Å². The zero-order valence-corrected chi connectivity index (χ0v) is 13.7. The summed E-state index contributed by atoms with van der Waals surface area (Å²) in [7, 11) is 0. The number of amides is 1. The van der Waals surface area contributed by atoms with Gasteiger partial charge in [-0.25, -0.2) is 4.98 Å². The molecular formula is C16H25ClN4O. The second kappa shape index (κ2) is 8.34. The number of carbonyl (C=O) groups is 1. The molecule has 2 saturated heterocycles. The Morgan fingerprint density at radius 1 is 1.32 bits per heavy atom. The van der Waals surface area contributed by atoms with Crippen LogP contribution in [0.1, 0.15) is 31.2 Å². The van der Waals surface area contributed by atoms with Crippen molar-refractivity contribution in [2.45, 2.75) is 32.2 Å². The van der Waals surface area contributed by atoms with Gasteiger partial charge in [-0.3, -0.25) is 4.79 Å². The van der Waals surface area contributed by atoms with Gasteiger partial charge in [0.25, 0.3) is 0 Å². The second-order valence-corrected chi connectivity index (χ2v) is 5.96. The predicted molar refractivity (Wildman–Crippen MR) is 90.4 cm³/mol. The van der Waals surface area contributed by atoms with Gasteiger partial charge < -0.3 is 15.5 Å². The summed E-state index contributed by atoms with van der Waals surface area (Å²) in [4.78, 5) is 18.9. The van der Waals surface area contributed by atoms with Crippen LogP contribution in [0.25, 0.3) is 0 Å². The summed E-state index contributed by atoms with van der Waals surface area (Å²) in [6.45, 7) is 4.70. The van der Waals surface area contributed by atoms with E-state index < -0.39 is 0 Å². The molecule has 0 unspecified atom stereocenters.